The molecule has 1 aromatic carbocycles. The normalized spacial score (nSPS) is 31.2. The van der Waals surface area contributed by atoms with Crippen LogP contribution in [0.2, 0.25) is 0 Å². The van der Waals surface area contributed by atoms with Gasteiger partial charge in [-0.05, 0) is 19.2 Å². The predicted octanol–water partition coefficient (Wildman–Crippen LogP) is -0.847. The van der Waals surface area contributed by atoms with Gasteiger partial charge in [0.2, 0.25) is 0 Å². The number of carbonyl (C=O) groups is 1. The maximum atomic E-state index is 12.3. The molecule has 4 atom stereocenters. The van der Waals surface area contributed by atoms with E-state index in [1.165, 1.54) is 0 Å². The summed E-state index contributed by atoms with van der Waals surface area (Å²) in [6.07, 6.45) is -1.71. The van der Waals surface area contributed by atoms with Crippen LogP contribution in [0.25, 0.3) is 0 Å². The van der Waals surface area contributed by atoms with Gasteiger partial charge in [-0.3, -0.25) is 9.69 Å². The van der Waals surface area contributed by atoms with Crippen molar-refractivity contribution in [2.75, 3.05) is 46.4 Å². The molecule has 2 aliphatic rings. The largest absolute Gasteiger partial charge is 0.394 e. The summed E-state index contributed by atoms with van der Waals surface area (Å²) in [4.78, 5) is 16.7. The van der Waals surface area contributed by atoms with Gasteiger partial charge in [0.1, 0.15) is 12.2 Å². The summed E-state index contributed by atoms with van der Waals surface area (Å²) >= 11 is 0. The highest BCUT2D eigenvalue weighted by atomic mass is 16.5. The van der Waals surface area contributed by atoms with Crippen LogP contribution in [0, 0.1) is 0 Å². The molecule has 4 unspecified atom stereocenters. The van der Waals surface area contributed by atoms with E-state index in [1.807, 2.05) is 18.2 Å². The second-order valence-corrected chi connectivity index (χ2v) is 6.79. The van der Waals surface area contributed by atoms with Crippen molar-refractivity contribution in [3.05, 3.63) is 35.9 Å². The number of aliphatic hydroxyl groups excluding tert-OH is 2. The van der Waals surface area contributed by atoms with Gasteiger partial charge in [-0.15, -0.1) is 0 Å². The molecule has 1 aromatic rings. The van der Waals surface area contributed by atoms with Crippen LogP contribution in [-0.4, -0.2) is 96.7 Å². The molecule has 2 aliphatic heterocycles. The number of hydrogen-bond donors (Lipinski definition) is 3. The molecule has 3 rings (SSSR count). The minimum atomic E-state index is -0.757. The predicted molar refractivity (Wildman–Crippen MR) is 93.4 cm³/mol. The van der Waals surface area contributed by atoms with Crippen LogP contribution in [0.4, 0.5) is 0 Å². The molecule has 3 N–H and O–H groups in total. The van der Waals surface area contributed by atoms with Crippen LogP contribution >= 0.6 is 0 Å². The minimum absolute atomic E-state index is 0.164. The first-order valence-electron chi connectivity index (χ1n) is 8.80. The Kier molecular flexibility index (Phi) is 6.03. The highest BCUT2D eigenvalue weighted by molar-refractivity contribution is 5.94. The van der Waals surface area contributed by atoms with Crippen LogP contribution in [-0.2, 0) is 4.74 Å². The van der Waals surface area contributed by atoms with Crippen molar-refractivity contribution in [2.45, 2.75) is 24.4 Å². The second kappa shape index (κ2) is 8.25. The molecule has 2 saturated heterocycles. The molecule has 7 nitrogen and oxygen atoms in total. The summed E-state index contributed by atoms with van der Waals surface area (Å²) in [5, 5.41) is 22.9. The summed E-state index contributed by atoms with van der Waals surface area (Å²) in [6, 6.07) is 8.80. The Hall–Kier alpha value is -1.51. The van der Waals surface area contributed by atoms with E-state index in [9.17, 15) is 15.0 Å². The van der Waals surface area contributed by atoms with Crippen LogP contribution in [0.3, 0.4) is 0 Å². The van der Waals surface area contributed by atoms with E-state index in [-0.39, 0.29) is 24.7 Å². The Labute approximate surface area is 148 Å². The van der Waals surface area contributed by atoms with E-state index >= 15 is 0 Å². The van der Waals surface area contributed by atoms with E-state index in [4.69, 9.17) is 4.74 Å². The van der Waals surface area contributed by atoms with Crippen molar-refractivity contribution in [1.82, 2.24) is 15.1 Å². The molecule has 0 aliphatic carbocycles. The molecule has 0 bridgehead atoms. The topological polar surface area (TPSA) is 85.3 Å². The molecule has 0 aromatic heterocycles. The van der Waals surface area contributed by atoms with Gasteiger partial charge in [0.15, 0.2) is 0 Å². The second-order valence-electron chi connectivity index (χ2n) is 6.79. The molecule has 25 heavy (non-hydrogen) atoms. The molecule has 2 fully saturated rings. The third kappa shape index (κ3) is 4.19. The van der Waals surface area contributed by atoms with Crippen molar-refractivity contribution in [3.63, 3.8) is 0 Å². The third-order valence-electron chi connectivity index (χ3n) is 5.10. The van der Waals surface area contributed by atoms with Gasteiger partial charge >= 0.3 is 0 Å². The van der Waals surface area contributed by atoms with Crippen LogP contribution in [0.1, 0.15) is 10.4 Å². The zero-order chi connectivity index (χ0) is 17.8. The summed E-state index contributed by atoms with van der Waals surface area (Å²) in [6.45, 7) is 3.60. The van der Waals surface area contributed by atoms with Crippen LogP contribution in [0.15, 0.2) is 30.3 Å². The van der Waals surface area contributed by atoms with Gasteiger partial charge in [-0.2, -0.15) is 0 Å². The number of nitrogens with zero attached hydrogens (tertiary/aromatic N) is 2. The summed E-state index contributed by atoms with van der Waals surface area (Å²) < 4.78 is 5.83. The number of piperazine rings is 1. The van der Waals surface area contributed by atoms with E-state index in [2.05, 4.69) is 22.2 Å². The number of nitrogens with one attached hydrogen (secondary N) is 1. The summed E-state index contributed by atoms with van der Waals surface area (Å²) in [5.41, 5.74) is 0.593. The lowest BCUT2D eigenvalue weighted by atomic mass is 10.0. The third-order valence-corrected chi connectivity index (χ3v) is 5.10. The highest BCUT2D eigenvalue weighted by Gasteiger charge is 2.46. The molecular formula is C18H27N3O4. The molecule has 138 valence electrons. The van der Waals surface area contributed by atoms with Crippen LogP contribution < -0.4 is 5.32 Å². The fourth-order valence-electron chi connectivity index (χ4n) is 3.60. The number of ether oxygens (including phenoxy) is 1. The number of likely N-dealkylation sites (N-methyl/N-ethyl adjacent to an activating group) is 1. The van der Waals surface area contributed by atoms with Gasteiger partial charge in [0, 0.05) is 38.3 Å². The molecule has 0 saturated carbocycles. The maximum absolute atomic E-state index is 12.3. The van der Waals surface area contributed by atoms with Gasteiger partial charge in [-0.25, -0.2) is 0 Å². The fraction of sp³-hybridized carbons (Fsp3) is 0.611. The first kappa shape index (κ1) is 18.3. The Bertz CT molecular complexity index is 563. The molecule has 2 heterocycles. The van der Waals surface area contributed by atoms with E-state index < -0.39 is 12.2 Å². The first-order valence-corrected chi connectivity index (χ1v) is 8.80. The minimum Gasteiger partial charge on any atom is -0.394 e. The number of benzene rings is 1. The first-order chi connectivity index (χ1) is 12.1. The average Bonchev–Trinajstić information content (AvgIpc) is 2.97. The van der Waals surface area contributed by atoms with Gasteiger partial charge < -0.3 is 25.2 Å². The Morgan fingerprint density at radius 2 is 1.88 bits per heavy atom. The quantitative estimate of drug-likeness (QED) is 0.642. The smallest absolute Gasteiger partial charge is 0.251 e. The van der Waals surface area contributed by atoms with Gasteiger partial charge in [0.25, 0.3) is 5.91 Å². The average molecular weight is 349 g/mol. The summed E-state index contributed by atoms with van der Waals surface area (Å²) in [7, 11) is 2.08. The van der Waals surface area contributed by atoms with E-state index in [0.29, 0.717) is 12.1 Å². The monoisotopic (exact) mass is 349 g/mol. The Morgan fingerprint density at radius 1 is 1.20 bits per heavy atom. The van der Waals surface area contributed by atoms with Crippen molar-refractivity contribution >= 4 is 5.91 Å². The lowest BCUT2D eigenvalue weighted by molar-refractivity contribution is -0.0209. The number of rotatable bonds is 5. The Balaban J connectivity index is 1.64. The maximum Gasteiger partial charge on any atom is 0.251 e. The van der Waals surface area contributed by atoms with Crippen LogP contribution in [0.5, 0.6) is 0 Å². The molecule has 1 amide bonds. The molecular weight excluding hydrogens is 322 g/mol. The lowest BCUT2D eigenvalue weighted by Gasteiger charge is -2.39. The fourth-order valence-corrected chi connectivity index (χ4v) is 3.60. The zero-order valence-electron chi connectivity index (χ0n) is 14.5. The number of carbonyl (C=O) groups excluding carboxylic acids is 1. The number of hydrogen-bond acceptors (Lipinski definition) is 6. The number of aliphatic hydroxyl groups is 2. The van der Waals surface area contributed by atoms with E-state index in [1.54, 1.807) is 12.1 Å². The SMILES string of the molecule is CN1CCN(C2C(CNC(=O)c3ccccc3)OC(CO)C2O)CC1. The van der Waals surface area contributed by atoms with Gasteiger partial charge in [-0.1, -0.05) is 18.2 Å². The Morgan fingerprint density at radius 3 is 2.52 bits per heavy atom. The van der Waals surface area contributed by atoms with Crippen molar-refractivity contribution in [1.29, 1.82) is 0 Å². The van der Waals surface area contributed by atoms with E-state index in [0.717, 1.165) is 26.2 Å². The summed E-state index contributed by atoms with van der Waals surface area (Å²) in [5.74, 6) is -0.164. The van der Waals surface area contributed by atoms with Gasteiger partial charge in [0.05, 0.1) is 18.8 Å². The molecule has 0 radical (unpaired) electrons. The van der Waals surface area contributed by atoms with Crippen molar-refractivity contribution in [3.8, 4) is 0 Å². The number of amides is 1. The molecule has 0 spiro atoms. The standard InChI is InChI=1S/C18H27N3O4/c1-20-7-9-21(10-8-20)16-14(25-15(12-22)17(16)23)11-19-18(24)13-5-3-2-4-6-13/h2-6,14-17,22-23H,7-12H2,1H3,(H,19,24). The van der Waals surface area contributed by atoms with Crippen molar-refractivity contribution < 1.29 is 19.7 Å². The highest BCUT2D eigenvalue weighted by Crippen LogP contribution is 2.26. The molecule has 7 heteroatoms. The van der Waals surface area contributed by atoms with Crippen molar-refractivity contribution in [2.24, 2.45) is 0 Å². The lowest BCUT2D eigenvalue weighted by Crippen LogP contribution is -2.56. The zero-order valence-corrected chi connectivity index (χ0v) is 14.5.